The van der Waals surface area contributed by atoms with Crippen LogP contribution in [-0.4, -0.2) is 19.8 Å². The first-order valence-corrected chi connectivity index (χ1v) is 6.92. The van der Waals surface area contributed by atoms with Crippen molar-refractivity contribution in [2.24, 2.45) is 0 Å². The van der Waals surface area contributed by atoms with E-state index in [1.54, 1.807) is 6.07 Å². The highest BCUT2D eigenvalue weighted by atomic mass is 79.9. The van der Waals surface area contributed by atoms with Crippen molar-refractivity contribution in [3.05, 3.63) is 28.2 Å². The number of rotatable bonds is 7. The monoisotopic (exact) mass is 339 g/mol. The predicted molar refractivity (Wildman–Crippen MR) is 73.4 cm³/mol. The minimum atomic E-state index is -4.34. The molecule has 1 aromatic rings. The van der Waals surface area contributed by atoms with Crippen LogP contribution in [0.4, 0.5) is 18.9 Å². The lowest BCUT2D eigenvalue weighted by atomic mass is 10.2. The highest BCUT2D eigenvalue weighted by molar-refractivity contribution is 9.10. The van der Waals surface area contributed by atoms with E-state index in [1.807, 2.05) is 0 Å². The zero-order chi connectivity index (χ0) is 14.3. The van der Waals surface area contributed by atoms with Gasteiger partial charge in [0.05, 0.1) is 12.2 Å². The fourth-order valence-corrected chi connectivity index (χ4v) is 1.96. The molecule has 0 atom stereocenters. The zero-order valence-corrected chi connectivity index (χ0v) is 12.3. The number of halogens is 4. The third-order valence-electron chi connectivity index (χ3n) is 2.44. The minimum absolute atomic E-state index is 0.400. The molecule has 0 spiro atoms. The van der Waals surface area contributed by atoms with Gasteiger partial charge in [-0.15, -0.1) is 0 Å². The fraction of sp³-hybridized carbons (Fsp3) is 0.538. The number of hydrogen-bond donors (Lipinski definition) is 1. The molecule has 0 aromatic heterocycles. The van der Waals surface area contributed by atoms with Crippen LogP contribution in [-0.2, 0) is 10.9 Å². The van der Waals surface area contributed by atoms with E-state index in [9.17, 15) is 13.2 Å². The highest BCUT2D eigenvalue weighted by Crippen LogP contribution is 2.33. The van der Waals surface area contributed by atoms with Crippen LogP contribution in [0.2, 0.25) is 0 Å². The number of anilines is 1. The molecule has 108 valence electrons. The van der Waals surface area contributed by atoms with Gasteiger partial charge in [0, 0.05) is 23.3 Å². The Labute approximate surface area is 119 Å². The summed E-state index contributed by atoms with van der Waals surface area (Å²) in [6, 6.07) is 3.76. The van der Waals surface area contributed by atoms with Gasteiger partial charge < -0.3 is 10.1 Å². The summed E-state index contributed by atoms with van der Waals surface area (Å²) in [4.78, 5) is 0. The first kappa shape index (κ1) is 16.3. The predicted octanol–water partition coefficient (Wildman–Crippen LogP) is 4.70. The molecule has 0 aliphatic rings. The summed E-state index contributed by atoms with van der Waals surface area (Å²) in [5, 5.41) is 2.92. The van der Waals surface area contributed by atoms with Gasteiger partial charge in [-0.05, 0) is 24.6 Å². The van der Waals surface area contributed by atoms with E-state index in [4.69, 9.17) is 4.74 Å². The summed E-state index contributed by atoms with van der Waals surface area (Å²) in [7, 11) is 0. The van der Waals surface area contributed by atoms with E-state index < -0.39 is 11.7 Å². The third kappa shape index (κ3) is 6.29. The quantitative estimate of drug-likeness (QED) is 0.727. The van der Waals surface area contributed by atoms with Gasteiger partial charge in [-0.3, -0.25) is 0 Å². The first-order valence-electron chi connectivity index (χ1n) is 6.13. The Morgan fingerprint density at radius 3 is 2.58 bits per heavy atom. The van der Waals surface area contributed by atoms with Gasteiger partial charge in [0.2, 0.25) is 0 Å². The summed E-state index contributed by atoms with van der Waals surface area (Å²) in [5.41, 5.74) is -0.239. The maximum absolute atomic E-state index is 12.6. The van der Waals surface area contributed by atoms with E-state index in [2.05, 4.69) is 28.2 Å². The molecule has 0 amide bonds. The van der Waals surface area contributed by atoms with Crippen molar-refractivity contribution in [1.29, 1.82) is 0 Å². The van der Waals surface area contributed by atoms with Crippen LogP contribution in [0.1, 0.15) is 25.3 Å². The molecule has 0 fully saturated rings. The lowest BCUT2D eigenvalue weighted by Crippen LogP contribution is -2.11. The molecule has 0 saturated heterocycles. The molecule has 0 aliphatic heterocycles. The average molecular weight is 340 g/mol. The number of nitrogens with one attached hydrogen (secondary N) is 1. The molecule has 6 heteroatoms. The standard InChI is InChI=1S/C13H17BrF3NO/c1-2-3-5-19-6-4-18-12-8-10(13(15,16)17)7-11(14)9-12/h7-9,18H,2-6H2,1H3. The molecule has 19 heavy (non-hydrogen) atoms. The Hall–Kier alpha value is -0.750. The maximum atomic E-state index is 12.6. The summed E-state index contributed by atoms with van der Waals surface area (Å²) in [6.07, 6.45) is -2.28. The van der Waals surface area contributed by atoms with Gasteiger partial charge in [-0.25, -0.2) is 0 Å². The molecule has 2 nitrogen and oxygen atoms in total. The molecule has 0 unspecified atom stereocenters. The topological polar surface area (TPSA) is 21.3 Å². The van der Waals surface area contributed by atoms with Crippen molar-refractivity contribution in [1.82, 2.24) is 0 Å². The van der Waals surface area contributed by atoms with E-state index in [0.29, 0.717) is 29.9 Å². The maximum Gasteiger partial charge on any atom is 0.416 e. The second-order valence-electron chi connectivity index (χ2n) is 4.12. The lowest BCUT2D eigenvalue weighted by Gasteiger charge is -2.12. The Balaban J connectivity index is 2.48. The molecule has 1 rings (SSSR count). The molecule has 0 radical (unpaired) electrons. The van der Waals surface area contributed by atoms with Crippen LogP contribution < -0.4 is 5.32 Å². The van der Waals surface area contributed by atoms with Crippen LogP contribution in [0.5, 0.6) is 0 Å². The van der Waals surface area contributed by atoms with E-state index in [1.165, 1.54) is 0 Å². The summed E-state index contributed by atoms with van der Waals surface area (Å²) < 4.78 is 43.5. The molecule has 1 aromatic carbocycles. The second-order valence-corrected chi connectivity index (χ2v) is 5.03. The number of benzene rings is 1. The SMILES string of the molecule is CCCCOCCNc1cc(Br)cc(C(F)(F)F)c1. The highest BCUT2D eigenvalue weighted by Gasteiger charge is 2.31. The Kier molecular flexibility index (Phi) is 6.65. The van der Waals surface area contributed by atoms with Crippen molar-refractivity contribution < 1.29 is 17.9 Å². The summed E-state index contributed by atoms with van der Waals surface area (Å²) in [5.74, 6) is 0. The van der Waals surface area contributed by atoms with E-state index >= 15 is 0 Å². The first-order chi connectivity index (χ1) is 8.93. The average Bonchev–Trinajstić information content (AvgIpc) is 2.32. The van der Waals surface area contributed by atoms with Crippen LogP contribution in [0.15, 0.2) is 22.7 Å². The van der Waals surface area contributed by atoms with Crippen LogP contribution >= 0.6 is 15.9 Å². The van der Waals surface area contributed by atoms with Crippen molar-refractivity contribution in [2.75, 3.05) is 25.1 Å². The zero-order valence-electron chi connectivity index (χ0n) is 10.7. The molecule has 0 aliphatic carbocycles. The van der Waals surface area contributed by atoms with Gasteiger partial charge in [-0.2, -0.15) is 13.2 Å². The van der Waals surface area contributed by atoms with Gasteiger partial charge in [0.15, 0.2) is 0 Å². The van der Waals surface area contributed by atoms with Gasteiger partial charge in [0.25, 0.3) is 0 Å². The summed E-state index contributed by atoms with van der Waals surface area (Å²) >= 11 is 3.08. The van der Waals surface area contributed by atoms with E-state index in [0.717, 1.165) is 25.0 Å². The second kappa shape index (κ2) is 7.75. The van der Waals surface area contributed by atoms with Crippen molar-refractivity contribution >= 4 is 21.6 Å². The minimum Gasteiger partial charge on any atom is -0.383 e. The molecular weight excluding hydrogens is 323 g/mol. The molecule has 0 saturated carbocycles. The fourth-order valence-electron chi connectivity index (χ4n) is 1.47. The van der Waals surface area contributed by atoms with Crippen LogP contribution in [0.3, 0.4) is 0 Å². The number of hydrogen-bond acceptors (Lipinski definition) is 2. The lowest BCUT2D eigenvalue weighted by molar-refractivity contribution is -0.137. The van der Waals surface area contributed by atoms with Gasteiger partial charge in [0.1, 0.15) is 0 Å². The number of alkyl halides is 3. The number of ether oxygens (including phenoxy) is 1. The van der Waals surface area contributed by atoms with Crippen molar-refractivity contribution in [3.8, 4) is 0 Å². The molecular formula is C13H17BrF3NO. The van der Waals surface area contributed by atoms with E-state index in [-0.39, 0.29) is 0 Å². The molecule has 1 N–H and O–H groups in total. The smallest absolute Gasteiger partial charge is 0.383 e. The van der Waals surface area contributed by atoms with Crippen LogP contribution in [0.25, 0.3) is 0 Å². The van der Waals surface area contributed by atoms with Crippen molar-refractivity contribution in [2.45, 2.75) is 25.9 Å². The van der Waals surface area contributed by atoms with Gasteiger partial charge in [-0.1, -0.05) is 29.3 Å². The largest absolute Gasteiger partial charge is 0.416 e. The third-order valence-corrected chi connectivity index (χ3v) is 2.90. The van der Waals surface area contributed by atoms with Crippen molar-refractivity contribution in [3.63, 3.8) is 0 Å². The van der Waals surface area contributed by atoms with Crippen LogP contribution in [0, 0.1) is 0 Å². The number of unbranched alkanes of at least 4 members (excludes halogenated alkanes) is 1. The normalized spacial score (nSPS) is 11.6. The van der Waals surface area contributed by atoms with Gasteiger partial charge >= 0.3 is 6.18 Å². The molecule has 0 heterocycles. The summed E-state index contributed by atoms with van der Waals surface area (Å²) in [6.45, 7) is 3.72. The Morgan fingerprint density at radius 2 is 1.95 bits per heavy atom. The molecule has 0 bridgehead atoms. The Bertz CT molecular complexity index is 396. The Morgan fingerprint density at radius 1 is 1.21 bits per heavy atom.